The standard InChI is InChI=1S/C17H27N3O3S/c1-4-16(13(2)3)19-17(21)14-7-10-20(11-8-14)24(22,23)15-6-5-9-18-12-15/h5-6,9,12-14,16H,4,7-8,10-11H2,1-3H3,(H,19,21). The van der Waals surface area contributed by atoms with Gasteiger partial charge in [-0.2, -0.15) is 4.31 Å². The minimum absolute atomic E-state index is 0.0500. The summed E-state index contributed by atoms with van der Waals surface area (Å²) in [6.07, 6.45) is 4.93. The van der Waals surface area contributed by atoms with Crippen LogP contribution in [-0.2, 0) is 14.8 Å². The molecule has 0 saturated carbocycles. The molecule has 2 heterocycles. The molecule has 1 aromatic heterocycles. The third-order valence-electron chi connectivity index (χ3n) is 4.67. The average Bonchev–Trinajstić information content (AvgIpc) is 2.60. The van der Waals surface area contributed by atoms with E-state index >= 15 is 0 Å². The number of sulfonamides is 1. The first-order chi connectivity index (χ1) is 11.4. The second-order valence-electron chi connectivity index (χ2n) is 6.63. The van der Waals surface area contributed by atoms with Gasteiger partial charge in [-0.3, -0.25) is 9.78 Å². The molecule has 1 N–H and O–H groups in total. The molecule has 6 nitrogen and oxygen atoms in total. The van der Waals surface area contributed by atoms with Gasteiger partial charge in [-0.1, -0.05) is 20.8 Å². The Morgan fingerprint density at radius 2 is 2.04 bits per heavy atom. The van der Waals surface area contributed by atoms with Crippen molar-refractivity contribution in [2.75, 3.05) is 13.1 Å². The van der Waals surface area contributed by atoms with Crippen molar-refractivity contribution in [3.8, 4) is 0 Å². The van der Waals surface area contributed by atoms with E-state index in [0.29, 0.717) is 31.8 Å². The molecule has 1 fully saturated rings. The smallest absolute Gasteiger partial charge is 0.244 e. The SMILES string of the molecule is CCC(NC(=O)C1CCN(S(=O)(=O)c2cccnc2)CC1)C(C)C. The Bertz CT molecular complexity index is 638. The van der Waals surface area contributed by atoms with E-state index < -0.39 is 10.0 Å². The Morgan fingerprint density at radius 1 is 1.38 bits per heavy atom. The molecule has 1 atom stereocenters. The van der Waals surface area contributed by atoms with Gasteiger partial charge in [-0.15, -0.1) is 0 Å². The van der Waals surface area contributed by atoms with Crippen molar-refractivity contribution in [1.82, 2.24) is 14.6 Å². The van der Waals surface area contributed by atoms with Crippen LogP contribution in [0, 0.1) is 11.8 Å². The van der Waals surface area contributed by atoms with Crippen LogP contribution in [0.25, 0.3) is 0 Å². The first kappa shape index (κ1) is 18.9. The molecular weight excluding hydrogens is 326 g/mol. The molecule has 1 aliphatic rings. The van der Waals surface area contributed by atoms with Crippen molar-refractivity contribution in [2.24, 2.45) is 11.8 Å². The summed E-state index contributed by atoms with van der Waals surface area (Å²) in [7, 11) is -3.51. The maximum Gasteiger partial charge on any atom is 0.244 e. The highest BCUT2D eigenvalue weighted by Gasteiger charge is 2.32. The maximum atomic E-state index is 12.6. The Balaban J connectivity index is 1.95. The largest absolute Gasteiger partial charge is 0.353 e. The van der Waals surface area contributed by atoms with Crippen LogP contribution in [0.4, 0.5) is 0 Å². The van der Waals surface area contributed by atoms with Crippen LogP contribution in [0.3, 0.4) is 0 Å². The van der Waals surface area contributed by atoms with E-state index in [-0.39, 0.29) is 22.8 Å². The number of nitrogens with one attached hydrogen (secondary N) is 1. The van der Waals surface area contributed by atoms with Crippen LogP contribution in [0.2, 0.25) is 0 Å². The zero-order chi connectivity index (χ0) is 17.7. The predicted molar refractivity (Wildman–Crippen MR) is 92.8 cm³/mol. The zero-order valence-electron chi connectivity index (χ0n) is 14.6. The van der Waals surface area contributed by atoms with E-state index in [2.05, 4.69) is 31.1 Å². The fourth-order valence-electron chi connectivity index (χ4n) is 3.05. The summed E-state index contributed by atoms with van der Waals surface area (Å²) in [5.74, 6) is 0.331. The molecule has 1 unspecified atom stereocenters. The molecule has 1 aromatic rings. The number of piperidine rings is 1. The quantitative estimate of drug-likeness (QED) is 0.849. The number of carbonyl (C=O) groups is 1. The van der Waals surface area contributed by atoms with Crippen LogP contribution < -0.4 is 5.32 Å². The topological polar surface area (TPSA) is 79.4 Å². The van der Waals surface area contributed by atoms with Gasteiger partial charge in [-0.05, 0) is 37.3 Å². The van der Waals surface area contributed by atoms with Gasteiger partial charge in [-0.25, -0.2) is 8.42 Å². The first-order valence-corrected chi connectivity index (χ1v) is 10.0. The van der Waals surface area contributed by atoms with Crippen LogP contribution in [0.1, 0.15) is 40.0 Å². The number of rotatable bonds is 6. The van der Waals surface area contributed by atoms with Crippen LogP contribution in [0.5, 0.6) is 0 Å². The van der Waals surface area contributed by atoms with Crippen LogP contribution in [-0.4, -0.2) is 42.7 Å². The third kappa shape index (κ3) is 4.33. The van der Waals surface area contributed by atoms with Crippen molar-refractivity contribution < 1.29 is 13.2 Å². The Hall–Kier alpha value is -1.47. The lowest BCUT2D eigenvalue weighted by Gasteiger charge is -2.32. The van der Waals surface area contributed by atoms with E-state index in [1.165, 1.54) is 10.5 Å². The van der Waals surface area contributed by atoms with E-state index in [0.717, 1.165) is 6.42 Å². The number of nitrogens with zero attached hydrogens (tertiary/aromatic N) is 2. The highest BCUT2D eigenvalue weighted by molar-refractivity contribution is 7.89. The van der Waals surface area contributed by atoms with Crippen molar-refractivity contribution >= 4 is 15.9 Å². The summed E-state index contributed by atoms with van der Waals surface area (Å²) in [4.78, 5) is 16.5. The maximum absolute atomic E-state index is 12.6. The highest BCUT2D eigenvalue weighted by Crippen LogP contribution is 2.24. The molecule has 0 aromatic carbocycles. The molecule has 1 amide bonds. The monoisotopic (exact) mass is 353 g/mol. The predicted octanol–water partition coefficient (Wildman–Crippen LogP) is 2.03. The lowest BCUT2D eigenvalue weighted by atomic mass is 9.95. The fraction of sp³-hybridized carbons (Fsp3) is 0.647. The van der Waals surface area contributed by atoms with Crippen LogP contribution in [0.15, 0.2) is 29.4 Å². The molecule has 0 bridgehead atoms. The molecule has 0 radical (unpaired) electrons. The third-order valence-corrected chi connectivity index (χ3v) is 6.55. The molecule has 7 heteroatoms. The van der Waals surface area contributed by atoms with Gasteiger partial charge in [0.25, 0.3) is 0 Å². The molecule has 134 valence electrons. The normalized spacial score (nSPS) is 18.5. The fourth-order valence-corrected chi connectivity index (χ4v) is 4.48. The molecule has 24 heavy (non-hydrogen) atoms. The van der Waals surface area contributed by atoms with Gasteiger partial charge >= 0.3 is 0 Å². The van der Waals surface area contributed by atoms with Crippen molar-refractivity contribution in [3.05, 3.63) is 24.5 Å². The molecular formula is C17H27N3O3S. The number of amides is 1. The Morgan fingerprint density at radius 3 is 2.54 bits per heavy atom. The van der Waals surface area contributed by atoms with Crippen molar-refractivity contribution in [1.29, 1.82) is 0 Å². The van der Waals surface area contributed by atoms with Gasteiger partial charge in [0.15, 0.2) is 0 Å². The van der Waals surface area contributed by atoms with Gasteiger partial charge in [0.1, 0.15) is 4.90 Å². The lowest BCUT2D eigenvalue weighted by Crippen LogP contribution is -2.46. The average molecular weight is 353 g/mol. The second kappa shape index (κ2) is 8.07. The molecule has 1 aliphatic heterocycles. The summed E-state index contributed by atoms with van der Waals surface area (Å²) in [6.45, 7) is 6.99. The summed E-state index contributed by atoms with van der Waals surface area (Å²) >= 11 is 0. The van der Waals surface area contributed by atoms with Gasteiger partial charge in [0.2, 0.25) is 15.9 Å². The molecule has 2 rings (SSSR count). The van der Waals surface area contributed by atoms with E-state index in [1.54, 1.807) is 18.3 Å². The Kier molecular flexibility index (Phi) is 6.34. The summed E-state index contributed by atoms with van der Waals surface area (Å²) in [5, 5.41) is 3.10. The van der Waals surface area contributed by atoms with Gasteiger partial charge in [0, 0.05) is 37.4 Å². The number of aromatic nitrogens is 1. The zero-order valence-corrected chi connectivity index (χ0v) is 15.4. The van der Waals surface area contributed by atoms with Gasteiger partial charge in [0.05, 0.1) is 0 Å². The number of hydrogen-bond donors (Lipinski definition) is 1. The van der Waals surface area contributed by atoms with Crippen LogP contribution >= 0.6 is 0 Å². The van der Waals surface area contributed by atoms with Crippen molar-refractivity contribution in [2.45, 2.75) is 51.0 Å². The van der Waals surface area contributed by atoms with E-state index in [9.17, 15) is 13.2 Å². The first-order valence-electron chi connectivity index (χ1n) is 8.56. The summed E-state index contributed by atoms with van der Waals surface area (Å²) in [5.41, 5.74) is 0. The van der Waals surface area contributed by atoms with E-state index in [4.69, 9.17) is 0 Å². The number of pyridine rings is 1. The van der Waals surface area contributed by atoms with E-state index in [1.807, 2.05) is 0 Å². The molecule has 0 spiro atoms. The lowest BCUT2D eigenvalue weighted by molar-refractivity contribution is -0.127. The summed E-state index contributed by atoms with van der Waals surface area (Å²) < 4.78 is 26.6. The number of hydrogen-bond acceptors (Lipinski definition) is 4. The highest BCUT2D eigenvalue weighted by atomic mass is 32.2. The minimum atomic E-state index is -3.51. The van der Waals surface area contributed by atoms with Gasteiger partial charge < -0.3 is 5.32 Å². The summed E-state index contributed by atoms with van der Waals surface area (Å²) in [6, 6.07) is 3.34. The Labute approximate surface area is 144 Å². The second-order valence-corrected chi connectivity index (χ2v) is 8.57. The minimum Gasteiger partial charge on any atom is -0.353 e. The molecule has 1 saturated heterocycles. The van der Waals surface area contributed by atoms with Crippen molar-refractivity contribution in [3.63, 3.8) is 0 Å². The number of carbonyl (C=O) groups excluding carboxylic acids is 1. The molecule has 0 aliphatic carbocycles.